The topological polar surface area (TPSA) is 184 Å². The van der Waals surface area contributed by atoms with Crippen LogP contribution in [0.1, 0.15) is 134 Å². The molecule has 2 bridgehead atoms. The van der Waals surface area contributed by atoms with Gasteiger partial charge in [0.2, 0.25) is 17.7 Å². The van der Waals surface area contributed by atoms with E-state index in [1.807, 2.05) is 54.4 Å². The van der Waals surface area contributed by atoms with Crippen LogP contribution in [0.3, 0.4) is 0 Å². The van der Waals surface area contributed by atoms with Crippen LogP contribution in [0, 0.1) is 28.4 Å². The van der Waals surface area contributed by atoms with E-state index in [2.05, 4.69) is 42.5 Å². The number of aromatic nitrogens is 1. The summed E-state index contributed by atoms with van der Waals surface area (Å²) in [5, 5.41) is 15.7. The number of carbonyl (C=O) groups is 5. The molecule has 0 radical (unpaired) electrons. The first-order chi connectivity index (χ1) is 38.3. The van der Waals surface area contributed by atoms with Crippen LogP contribution in [-0.2, 0) is 25.7 Å². The number of nitrogens with zero attached hydrogens (tertiary/aromatic N) is 8. The van der Waals surface area contributed by atoms with Gasteiger partial charge in [-0.05, 0) is 186 Å². The molecule has 414 valence electrons. The summed E-state index contributed by atoms with van der Waals surface area (Å²) in [5.74, 6) is -0.889. The van der Waals surface area contributed by atoms with Gasteiger partial charge in [-0.25, -0.2) is 13.8 Å². The smallest absolute Gasteiger partial charge is 0.255 e. The Morgan fingerprint density at radius 1 is 0.873 bits per heavy atom. The minimum absolute atomic E-state index is 0.0640. The first kappa shape index (κ1) is 53.9. The number of hydrogen-bond donors (Lipinski definition) is 2. The van der Waals surface area contributed by atoms with Gasteiger partial charge in [0.15, 0.2) is 0 Å². The fourth-order valence-electron chi connectivity index (χ4n) is 13.5. The van der Waals surface area contributed by atoms with Gasteiger partial charge >= 0.3 is 0 Å². The molecule has 5 saturated heterocycles. The van der Waals surface area contributed by atoms with Crippen LogP contribution in [-0.4, -0.2) is 150 Å². The largest absolute Gasteiger partial charge is 0.494 e. The van der Waals surface area contributed by atoms with Crippen LogP contribution in [0.25, 0.3) is 5.57 Å². The van der Waals surface area contributed by atoms with Crippen molar-refractivity contribution in [2.24, 2.45) is 10.4 Å². The fraction of sp³-hybridized carbons (Fsp3) is 0.508. The summed E-state index contributed by atoms with van der Waals surface area (Å²) in [7, 11) is 0. The predicted molar refractivity (Wildman–Crippen MR) is 294 cm³/mol. The maximum Gasteiger partial charge on any atom is 0.255 e. The van der Waals surface area contributed by atoms with Gasteiger partial charge in [0.25, 0.3) is 11.8 Å². The number of aliphatic imine (C=N–C) groups is 1. The zero-order valence-corrected chi connectivity index (χ0v) is 45.1. The number of likely N-dealkylation sites (tertiary alicyclic amines) is 3. The monoisotopic (exact) mass is 1080 g/mol. The van der Waals surface area contributed by atoms with Crippen LogP contribution < -0.4 is 15.5 Å². The highest BCUT2D eigenvalue weighted by Gasteiger charge is 2.44. The summed E-state index contributed by atoms with van der Waals surface area (Å²) < 4.78 is 35.4. The Morgan fingerprint density at radius 2 is 1.65 bits per heavy atom. The molecule has 1 aliphatic carbocycles. The third kappa shape index (κ3) is 11.7. The van der Waals surface area contributed by atoms with Gasteiger partial charge in [0.05, 0.1) is 29.3 Å². The number of nitrogens with one attached hydrogen (secondary N) is 2. The number of allylic oxidation sites excluding steroid dienone is 4. The molecule has 16 nitrogen and oxygen atoms in total. The number of hydrogen-bond acceptors (Lipinski definition) is 12. The van der Waals surface area contributed by atoms with E-state index in [9.17, 15) is 33.6 Å². The zero-order valence-electron chi connectivity index (χ0n) is 45.1. The molecule has 3 aromatic rings. The molecule has 2 aromatic carbocycles. The van der Waals surface area contributed by atoms with Crippen LogP contribution in [0.2, 0.25) is 0 Å². The van der Waals surface area contributed by atoms with Crippen molar-refractivity contribution in [3.63, 3.8) is 0 Å². The molecule has 2 atom stereocenters. The molecule has 5 amide bonds. The molecule has 79 heavy (non-hydrogen) atoms. The van der Waals surface area contributed by atoms with Crippen LogP contribution in [0.15, 0.2) is 88.8 Å². The summed E-state index contributed by atoms with van der Waals surface area (Å²) in [6.07, 6.45) is 16.9. The first-order valence-corrected chi connectivity index (χ1v) is 28.5. The number of fused-ring (bicyclic) bond motifs is 4. The van der Waals surface area contributed by atoms with E-state index in [1.54, 1.807) is 11.1 Å². The summed E-state index contributed by atoms with van der Waals surface area (Å²) in [6, 6.07) is 14.7. The molecule has 7 aliphatic heterocycles. The van der Waals surface area contributed by atoms with Crippen LogP contribution >= 0.6 is 0 Å². The highest BCUT2D eigenvalue weighted by atomic mass is 19.1. The summed E-state index contributed by atoms with van der Waals surface area (Å²) in [6.45, 7) is 10.2. The maximum atomic E-state index is 15.1. The van der Waals surface area contributed by atoms with E-state index in [4.69, 9.17) is 9.72 Å². The van der Waals surface area contributed by atoms with Gasteiger partial charge in [-0.1, -0.05) is 12.1 Å². The van der Waals surface area contributed by atoms with Gasteiger partial charge in [-0.3, -0.25) is 34.3 Å². The minimum atomic E-state index is -0.769. The normalized spacial score (nSPS) is 24.9. The molecule has 18 heteroatoms. The third-order valence-electron chi connectivity index (χ3n) is 18.3. The van der Waals surface area contributed by atoms with E-state index < -0.39 is 35.0 Å². The molecule has 1 spiro atoms. The number of anilines is 1. The summed E-state index contributed by atoms with van der Waals surface area (Å²) in [4.78, 5) is 85.2. The number of rotatable bonds is 13. The second-order valence-corrected chi connectivity index (χ2v) is 23.0. The molecular weight excluding hydrogens is 1010 g/mol. The Morgan fingerprint density at radius 3 is 2.37 bits per heavy atom. The highest BCUT2D eigenvalue weighted by molar-refractivity contribution is 6.05. The highest BCUT2D eigenvalue weighted by Crippen LogP contribution is 2.43. The Hall–Kier alpha value is -7.10. The molecule has 8 aliphatic rings. The van der Waals surface area contributed by atoms with Crippen molar-refractivity contribution in [2.45, 2.75) is 120 Å². The van der Waals surface area contributed by atoms with Crippen molar-refractivity contribution >= 4 is 47.1 Å². The predicted octanol–water partition coefficient (Wildman–Crippen LogP) is 7.23. The minimum Gasteiger partial charge on any atom is -0.494 e. The van der Waals surface area contributed by atoms with E-state index in [1.165, 1.54) is 5.56 Å². The Labute approximate surface area is 460 Å². The zero-order chi connectivity index (χ0) is 54.8. The van der Waals surface area contributed by atoms with Crippen molar-refractivity contribution in [1.82, 2.24) is 35.2 Å². The standard InChI is InChI=1S/C61H70F2N10O6/c1-2-79-47-33-46-6-8-48(44(35-64)37-65-46)50(34-47)42-4-11-54(66-36-42)71-29-20-61(21-30-71,68-57(76)51-32-45(62)5-9-52(51)63)39-70-25-16-60(17-26-70)18-27-72(28-19-60)56(75)15-24-69-22-13-40(14-23-69)41-3-7-49-43(31-41)38-73(59(49)78)53-10-12-55(74)67-58(53)77/h3-5,7,9,11,31-34,36-37,40,46,53H,2,6,8,10,12-30,38-39H2,1H3,(H,68,76)(H,67,74,77)/b47-33+,50-34-. The first-order valence-electron chi connectivity index (χ1n) is 28.5. The number of halogens is 2. The summed E-state index contributed by atoms with van der Waals surface area (Å²) in [5.41, 5.74) is 5.08. The van der Waals surface area contributed by atoms with Gasteiger partial charge in [-0.2, -0.15) is 5.26 Å². The molecule has 5 fully saturated rings. The number of benzene rings is 2. The molecule has 8 heterocycles. The quantitative estimate of drug-likeness (QED) is 0.165. The lowest BCUT2D eigenvalue weighted by Crippen LogP contribution is -2.62. The Bertz CT molecular complexity index is 3040. The van der Waals surface area contributed by atoms with Gasteiger partial charge in [-0.15, -0.1) is 0 Å². The summed E-state index contributed by atoms with van der Waals surface area (Å²) >= 11 is 0. The van der Waals surface area contributed by atoms with Crippen LogP contribution in [0.4, 0.5) is 14.6 Å². The van der Waals surface area contributed by atoms with E-state index in [0.29, 0.717) is 87.7 Å². The van der Waals surface area contributed by atoms with Gasteiger partial charge in [0, 0.05) is 82.2 Å². The lowest BCUT2D eigenvalue weighted by Gasteiger charge is -2.50. The second kappa shape index (κ2) is 22.9. The van der Waals surface area contributed by atoms with Crippen LogP contribution in [0.5, 0.6) is 0 Å². The van der Waals surface area contributed by atoms with Crippen molar-refractivity contribution in [3.8, 4) is 6.07 Å². The van der Waals surface area contributed by atoms with Crippen molar-refractivity contribution in [3.05, 3.63) is 123 Å². The average molecular weight is 1080 g/mol. The van der Waals surface area contributed by atoms with Crippen molar-refractivity contribution in [1.29, 1.82) is 5.26 Å². The van der Waals surface area contributed by atoms with Gasteiger partial charge in [0.1, 0.15) is 35.3 Å². The van der Waals surface area contributed by atoms with Crippen molar-refractivity contribution in [2.75, 3.05) is 77.0 Å². The molecule has 11 rings (SSSR count). The van der Waals surface area contributed by atoms with E-state index in [0.717, 1.165) is 137 Å². The Kier molecular flexibility index (Phi) is 15.6. The number of ether oxygens (including phenoxy) is 1. The number of nitriles is 1. The number of pyridine rings is 1. The van der Waals surface area contributed by atoms with E-state index in [-0.39, 0.29) is 41.2 Å². The average Bonchev–Trinajstić information content (AvgIpc) is 3.72. The second-order valence-electron chi connectivity index (χ2n) is 23.0. The number of imide groups is 1. The number of amides is 5. The molecule has 2 N–H and O–H groups in total. The fourth-order valence-corrected chi connectivity index (χ4v) is 13.5. The SMILES string of the molecule is CCOC1=C/C2CCC(=C(C#N)C=N2)/C(c2ccc(N3CCC(CN4CCC5(CC4)CCN(C(=O)CCN4CCC(c6ccc7c(c6)CN(C6CCC(=O)NC6=O)C7=O)CC4)CC5)(NC(=O)c4cc(F)ccc4F)CC3)nc2)=C\1. The molecule has 0 saturated carbocycles. The van der Waals surface area contributed by atoms with Crippen molar-refractivity contribution < 1.29 is 37.5 Å². The number of carbonyl (C=O) groups excluding carboxylic acids is 5. The lowest BCUT2D eigenvalue weighted by molar-refractivity contribution is -0.137. The van der Waals surface area contributed by atoms with Gasteiger partial charge < -0.3 is 34.6 Å². The lowest BCUT2D eigenvalue weighted by atomic mass is 9.71. The Balaban J connectivity index is 0.666. The third-order valence-corrected chi connectivity index (χ3v) is 18.3. The maximum absolute atomic E-state index is 15.1. The molecule has 1 aromatic heterocycles. The molecule has 2 unspecified atom stereocenters. The number of piperidine rings is 5. The van der Waals surface area contributed by atoms with E-state index >= 15 is 4.39 Å². The molecular formula is C61H70F2N10O6.